The Hall–Kier alpha value is -4.06. The number of carbonyl (C=O) groups excluding carboxylic acids is 2. The van der Waals surface area contributed by atoms with Crippen LogP contribution < -0.4 is 11.1 Å². The molecule has 0 aromatic heterocycles. The lowest BCUT2D eigenvalue weighted by Gasteiger charge is -2.45. The number of carboxylic acids is 1. The van der Waals surface area contributed by atoms with Gasteiger partial charge in [0.2, 0.25) is 0 Å². The molecule has 430 valence electrons. The smallest absolute Gasteiger partial charge is 0.331 e. The summed E-state index contributed by atoms with van der Waals surface area (Å²) in [4.78, 5) is 41.1. The molecular weight excluding hydrogens is 975 g/mol. The van der Waals surface area contributed by atoms with Crippen LogP contribution in [-0.2, 0) is 28.6 Å². The van der Waals surface area contributed by atoms with Crippen molar-refractivity contribution in [1.29, 1.82) is 0 Å². The Kier molecular flexibility index (Phi) is 31.0. The minimum Gasteiger partial charge on any atom is -0.481 e. The fraction of sp³-hybridized carbons (Fsp3) is 0.745. The van der Waals surface area contributed by atoms with Crippen LogP contribution in [0, 0.1) is 29.6 Å². The lowest BCUT2D eigenvalue weighted by atomic mass is 9.84. The number of cyclic esters (lactones) is 1. The Balaban J connectivity index is 2.40. The van der Waals surface area contributed by atoms with Crippen molar-refractivity contribution >= 4 is 23.9 Å². The third kappa shape index (κ3) is 25.8. The summed E-state index contributed by atoms with van der Waals surface area (Å²) in [5, 5.41) is 123. The molecule has 2 bridgehead atoms. The van der Waals surface area contributed by atoms with Crippen molar-refractivity contribution in [2.75, 3.05) is 13.6 Å². The maximum atomic E-state index is 13.3. The molecule has 2 heterocycles. The molecule has 20 heteroatoms. The quantitative estimate of drug-likeness (QED) is 0.0334. The number of fused-ring (bicyclic) bond motifs is 2. The van der Waals surface area contributed by atoms with Crippen LogP contribution >= 0.6 is 0 Å². The van der Waals surface area contributed by atoms with E-state index in [0.717, 1.165) is 32.1 Å². The van der Waals surface area contributed by atoms with E-state index in [1.54, 1.807) is 59.0 Å². The van der Waals surface area contributed by atoms with Crippen molar-refractivity contribution in [2.24, 2.45) is 40.3 Å². The molecule has 0 amide bonds. The van der Waals surface area contributed by atoms with E-state index in [9.17, 15) is 70.6 Å². The van der Waals surface area contributed by atoms with Gasteiger partial charge in [0.15, 0.2) is 11.7 Å². The van der Waals surface area contributed by atoms with E-state index in [1.165, 1.54) is 12.2 Å². The van der Waals surface area contributed by atoms with Gasteiger partial charge in [0.1, 0.15) is 24.7 Å². The van der Waals surface area contributed by atoms with Gasteiger partial charge in [0.05, 0.1) is 54.9 Å². The minimum absolute atomic E-state index is 0.0591. The molecule has 0 spiro atoms. The molecule has 2 aliphatic heterocycles. The second-order valence-corrected chi connectivity index (χ2v) is 21.1. The predicted octanol–water partition coefficient (Wildman–Crippen LogP) is 2.98. The first kappa shape index (κ1) is 67.1. The summed E-state index contributed by atoms with van der Waals surface area (Å²) in [5.74, 6) is -7.44. The zero-order valence-corrected chi connectivity index (χ0v) is 45.2. The number of carbonyl (C=O) groups is 3. The molecule has 18 atom stereocenters. The van der Waals surface area contributed by atoms with Gasteiger partial charge in [-0.25, -0.2) is 4.79 Å². The molecule has 75 heavy (non-hydrogen) atoms. The monoisotopic (exact) mass is 1070 g/mol. The van der Waals surface area contributed by atoms with Crippen LogP contribution in [0.15, 0.2) is 65.2 Å². The highest BCUT2D eigenvalue weighted by atomic mass is 16.7. The fourth-order valence-corrected chi connectivity index (χ4v) is 9.32. The van der Waals surface area contributed by atoms with E-state index in [0.29, 0.717) is 18.1 Å². The molecule has 0 aliphatic carbocycles. The van der Waals surface area contributed by atoms with Crippen molar-refractivity contribution in [3.8, 4) is 0 Å². The van der Waals surface area contributed by atoms with Crippen LogP contribution in [0.2, 0.25) is 0 Å². The van der Waals surface area contributed by atoms with Crippen molar-refractivity contribution in [3.63, 3.8) is 0 Å². The van der Waals surface area contributed by atoms with Gasteiger partial charge in [0, 0.05) is 75.9 Å². The molecule has 18 unspecified atom stereocenters. The standard InChI is InChI=1S/C55H93N3O17/c1-33-17-13-14-21-50(69)74-52(36(4)18-12-10-8-9-11-15-24-58-54(56)57-7)37(5)20-16-19-34(2)44(62)27-40(60)25-39(59)26-41(73-51(70)31-49(67)68)28-42-29-47(65)53(71)55(72,75-42)32-48(66)35(3)22-23-43(61)38(6)46(64)30-45(33)63/h8-9,13-14,16-17,19-21,33,35-48,52-53,59-66,71-72H,10-12,15,18,22-32H2,1-7H3,(H,67,68)(H3,56,57,58)/b9-8+,17-13+,20-16+,21-14-,34-19+. The number of unbranched alkanes of at least 4 members (excludes halogenated alkanes) is 2. The number of aliphatic carboxylic acids is 1. The minimum atomic E-state index is -2.52. The summed E-state index contributed by atoms with van der Waals surface area (Å²) in [6.45, 7) is 11.3. The summed E-state index contributed by atoms with van der Waals surface area (Å²) in [6, 6.07) is 0. The van der Waals surface area contributed by atoms with Crippen LogP contribution in [0.25, 0.3) is 0 Å². The van der Waals surface area contributed by atoms with E-state index in [-0.39, 0.29) is 63.2 Å². The van der Waals surface area contributed by atoms with E-state index in [4.69, 9.17) is 19.9 Å². The lowest BCUT2D eigenvalue weighted by molar-refractivity contribution is -0.333. The van der Waals surface area contributed by atoms with Crippen LogP contribution in [0.5, 0.6) is 0 Å². The van der Waals surface area contributed by atoms with Gasteiger partial charge in [-0.2, -0.15) is 0 Å². The summed E-state index contributed by atoms with van der Waals surface area (Å²) < 4.78 is 17.3. The molecule has 0 radical (unpaired) electrons. The number of nitrogens with zero attached hydrogens (tertiary/aromatic N) is 1. The number of allylic oxidation sites excluding steroid dienone is 6. The first-order valence-corrected chi connectivity index (χ1v) is 26.7. The Labute approximate surface area is 443 Å². The van der Waals surface area contributed by atoms with Crippen molar-refractivity contribution in [2.45, 2.75) is 217 Å². The Bertz CT molecular complexity index is 1880. The van der Waals surface area contributed by atoms with Crippen molar-refractivity contribution < 1.29 is 84.8 Å². The number of rotatable bonds is 12. The number of hydrogen-bond acceptors (Lipinski definition) is 17. The van der Waals surface area contributed by atoms with Gasteiger partial charge in [0.25, 0.3) is 0 Å². The van der Waals surface area contributed by atoms with E-state index in [1.807, 2.05) is 19.9 Å². The second-order valence-electron chi connectivity index (χ2n) is 21.1. The molecule has 2 aliphatic rings. The van der Waals surface area contributed by atoms with E-state index in [2.05, 4.69) is 22.5 Å². The number of carboxylic acid groups (broad SMARTS) is 1. The molecule has 0 saturated carbocycles. The molecule has 20 nitrogen and oxygen atoms in total. The van der Waals surface area contributed by atoms with Crippen LogP contribution in [0.4, 0.5) is 0 Å². The first-order valence-electron chi connectivity index (χ1n) is 26.7. The van der Waals surface area contributed by atoms with Crippen molar-refractivity contribution in [3.05, 3.63) is 60.3 Å². The highest BCUT2D eigenvalue weighted by Gasteiger charge is 2.50. The maximum Gasteiger partial charge on any atom is 0.331 e. The molecule has 14 N–H and O–H groups in total. The number of nitrogens with two attached hydrogens (primary N) is 1. The summed E-state index contributed by atoms with van der Waals surface area (Å²) >= 11 is 0. The molecule has 1 fully saturated rings. The topological polar surface area (TPSA) is 352 Å². The lowest BCUT2D eigenvalue weighted by Crippen LogP contribution is -2.60. The normalized spacial score (nSPS) is 37.9. The van der Waals surface area contributed by atoms with Crippen LogP contribution in [0.3, 0.4) is 0 Å². The number of aliphatic hydroxyl groups is 10. The summed E-state index contributed by atoms with van der Waals surface area (Å²) in [7, 11) is 1.62. The molecule has 2 rings (SSSR count). The molecular formula is C55H93N3O17. The second kappa shape index (κ2) is 34.7. The maximum absolute atomic E-state index is 13.3. The number of aliphatic hydroxyl groups excluding tert-OH is 9. The van der Waals surface area contributed by atoms with E-state index >= 15 is 0 Å². The Morgan fingerprint density at radius 3 is 2.15 bits per heavy atom. The average Bonchev–Trinajstić information content (AvgIpc) is 3.33. The highest BCUT2D eigenvalue weighted by Crippen LogP contribution is 2.36. The number of ether oxygens (including phenoxy) is 3. The zero-order chi connectivity index (χ0) is 56.4. The van der Waals surface area contributed by atoms with Gasteiger partial charge in [-0.3, -0.25) is 14.6 Å². The molecule has 0 aromatic rings. The molecule has 0 aromatic carbocycles. The number of nitrogens with one attached hydrogen (secondary N) is 1. The third-order valence-electron chi connectivity index (χ3n) is 14.5. The first-order chi connectivity index (χ1) is 35.3. The number of guanidine groups is 1. The largest absolute Gasteiger partial charge is 0.481 e. The number of aliphatic imine (C=N–C) groups is 1. The van der Waals surface area contributed by atoms with Gasteiger partial charge in [-0.15, -0.1) is 0 Å². The third-order valence-corrected chi connectivity index (χ3v) is 14.5. The molecule has 1 saturated heterocycles. The van der Waals surface area contributed by atoms with Crippen molar-refractivity contribution in [1.82, 2.24) is 5.32 Å². The summed E-state index contributed by atoms with van der Waals surface area (Å²) in [5.41, 5.74) is 6.16. The SMILES string of the molecule is CN=C(N)NCCC/C=C/CCCC(C)C1OC(=O)/C=C\C=C\C(C)C(O)CC(O)C(C)C(O)CCC(C)C(O)CC2(O)OC(CC(OC(=O)CC(=O)O)CC(O)CC(O)CC(O)/C(C)=C/C=C/C1C)CC(O)C2O. The van der Waals surface area contributed by atoms with Crippen LogP contribution in [0.1, 0.15) is 138 Å². The number of esters is 2. The zero-order valence-electron chi connectivity index (χ0n) is 45.2. The Morgan fingerprint density at radius 1 is 0.827 bits per heavy atom. The van der Waals surface area contributed by atoms with Gasteiger partial charge >= 0.3 is 17.9 Å². The van der Waals surface area contributed by atoms with Gasteiger partial charge < -0.3 is 81.4 Å². The highest BCUT2D eigenvalue weighted by molar-refractivity contribution is 5.90. The number of hydrogen-bond donors (Lipinski definition) is 13. The van der Waals surface area contributed by atoms with E-state index < -0.39 is 128 Å². The Morgan fingerprint density at radius 2 is 1.48 bits per heavy atom. The van der Waals surface area contributed by atoms with Crippen LogP contribution in [-0.4, -0.2) is 173 Å². The van der Waals surface area contributed by atoms with Gasteiger partial charge in [-0.05, 0) is 75.7 Å². The van der Waals surface area contributed by atoms with Gasteiger partial charge in [-0.1, -0.05) is 83.2 Å². The summed E-state index contributed by atoms with van der Waals surface area (Å²) in [6.07, 6.45) is 2.20. The fourth-order valence-electron chi connectivity index (χ4n) is 9.32. The average molecular weight is 1070 g/mol. The predicted molar refractivity (Wildman–Crippen MR) is 282 cm³/mol.